The maximum Gasteiger partial charge on any atom is 0.131 e. The van der Waals surface area contributed by atoms with E-state index in [1.165, 1.54) is 27.8 Å². The molecule has 0 radical (unpaired) electrons. The standard InChI is InChI=1S/C26H26N6/c1-19-14-30-31(15-19)16-21-4-2-20(3-5-21)12-23-8-11-29-32(18-23)17-22-6-7-25-24(13-22)9-10-28-26(25)27/h2-11,13-15,18,29H,12,16-17H2,1H3,(H2,27,28). The monoisotopic (exact) mass is 422 g/mol. The summed E-state index contributed by atoms with van der Waals surface area (Å²) in [5.41, 5.74) is 15.5. The van der Waals surface area contributed by atoms with Crippen LogP contribution in [-0.4, -0.2) is 19.8 Å². The average Bonchev–Trinajstić information content (AvgIpc) is 3.20. The van der Waals surface area contributed by atoms with Crippen molar-refractivity contribution >= 4 is 16.6 Å². The maximum atomic E-state index is 5.97. The molecule has 4 aromatic rings. The number of benzene rings is 2. The smallest absolute Gasteiger partial charge is 0.131 e. The molecule has 5 rings (SSSR count). The van der Waals surface area contributed by atoms with Crippen molar-refractivity contribution in [2.45, 2.75) is 26.4 Å². The average molecular weight is 423 g/mol. The highest BCUT2D eigenvalue weighted by atomic mass is 15.5. The van der Waals surface area contributed by atoms with E-state index in [2.05, 4.69) is 82.3 Å². The molecule has 0 saturated heterocycles. The van der Waals surface area contributed by atoms with Gasteiger partial charge in [-0.2, -0.15) is 5.10 Å². The molecule has 32 heavy (non-hydrogen) atoms. The summed E-state index contributed by atoms with van der Waals surface area (Å²) in [6.07, 6.45) is 12.9. The summed E-state index contributed by atoms with van der Waals surface area (Å²) >= 11 is 0. The van der Waals surface area contributed by atoms with Gasteiger partial charge in [0, 0.05) is 30.2 Å². The number of anilines is 1. The zero-order valence-electron chi connectivity index (χ0n) is 18.1. The molecule has 0 aliphatic carbocycles. The Morgan fingerprint density at radius 2 is 1.78 bits per heavy atom. The number of nitrogen functional groups attached to an aromatic ring is 1. The van der Waals surface area contributed by atoms with Gasteiger partial charge >= 0.3 is 0 Å². The molecule has 3 heterocycles. The van der Waals surface area contributed by atoms with E-state index >= 15 is 0 Å². The van der Waals surface area contributed by atoms with E-state index in [0.717, 1.165) is 30.3 Å². The van der Waals surface area contributed by atoms with E-state index in [1.54, 1.807) is 6.20 Å². The van der Waals surface area contributed by atoms with Crippen LogP contribution in [0.1, 0.15) is 22.3 Å². The highest BCUT2D eigenvalue weighted by Gasteiger charge is 2.08. The molecule has 6 heteroatoms. The Labute approximate surface area is 187 Å². The van der Waals surface area contributed by atoms with Crippen LogP contribution in [0.25, 0.3) is 10.8 Å². The zero-order valence-corrected chi connectivity index (χ0v) is 18.1. The van der Waals surface area contributed by atoms with Crippen molar-refractivity contribution in [3.05, 3.63) is 113 Å². The van der Waals surface area contributed by atoms with Gasteiger partial charge in [-0.15, -0.1) is 0 Å². The van der Waals surface area contributed by atoms with Crippen LogP contribution in [0, 0.1) is 6.92 Å². The highest BCUT2D eigenvalue weighted by Crippen LogP contribution is 2.21. The number of nitrogens with zero attached hydrogens (tertiary/aromatic N) is 4. The van der Waals surface area contributed by atoms with Crippen molar-refractivity contribution in [2.24, 2.45) is 0 Å². The molecule has 1 aliphatic heterocycles. The Morgan fingerprint density at radius 3 is 2.59 bits per heavy atom. The first-order valence-corrected chi connectivity index (χ1v) is 10.7. The predicted octanol–water partition coefficient (Wildman–Crippen LogP) is 4.33. The van der Waals surface area contributed by atoms with Crippen LogP contribution in [0.5, 0.6) is 0 Å². The molecular formula is C26H26N6. The number of aromatic nitrogens is 3. The molecule has 2 aromatic heterocycles. The summed E-state index contributed by atoms with van der Waals surface area (Å²) in [5, 5.41) is 8.57. The van der Waals surface area contributed by atoms with Crippen molar-refractivity contribution in [1.82, 2.24) is 25.2 Å². The van der Waals surface area contributed by atoms with E-state index < -0.39 is 0 Å². The van der Waals surface area contributed by atoms with Crippen LogP contribution in [0.4, 0.5) is 5.82 Å². The number of allylic oxidation sites excluding steroid dienone is 2. The summed E-state index contributed by atoms with van der Waals surface area (Å²) in [6, 6.07) is 17.1. The Balaban J connectivity index is 1.24. The normalized spacial score (nSPS) is 13.3. The van der Waals surface area contributed by atoms with E-state index in [0.29, 0.717) is 5.82 Å². The fraction of sp³-hybridized carbons (Fsp3) is 0.154. The summed E-state index contributed by atoms with van der Waals surface area (Å²) in [4.78, 5) is 4.16. The second-order valence-corrected chi connectivity index (χ2v) is 8.25. The summed E-state index contributed by atoms with van der Waals surface area (Å²) in [7, 11) is 0. The molecule has 0 spiro atoms. The van der Waals surface area contributed by atoms with Gasteiger partial charge in [0.2, 0.25) is 0 Å². The lowest BCUT2D eigenvalue weighted by atomic mass is 10.0. The number of nitrogens with two attached hydrogens (primary N) is 1. The van der Waals surface area contributed by atoms with Gasteiger partial charge in [0.1, 0.15) is 5.82 Å². The van der Waals surface area contributed by atoms with Crippen molar-refractivity contribution < 1.29 is 0 Å². The lowest BCUT2D eigenvalue weighted by molar-refractivity contribution is 0.301. The van der Waals surface area contributed by atoms with Gasteiger partial charge in [0.05, 0.1) is 19.3 Å². The molecule has 160 valence electrons. The van der Waals surface area contributed by atoms with Crippen molar-refractivity contribution in [3.63, 3.8) is 0 Å². The minimum absolute atomic E-state index is 0.570. The molecule has 6 nitrogen and oxygen atoms in total. The Bertz CT molecular complexity index is 1300. The van der Waals surface area contributed by atoms with Gasteiger partial charge in [0.15, 0.2) is 0 Å². The van der Waals surface area contributed by atoms with E-state index in [-0.39, 0.29) is 0 Å². The number of hydrazine groups is 1. The number of hydrogen-bond acceptors (Lipinski definition) is 5. The Kier molecular flexibility index (Phi) is 5.34. The van der Waals surface area contributed by atoms with Gasteiger partial charge in [-0.1, -0.05) is 36.4 Å². The summed E-state index contributed by atoms with van der Waals surface area (Å²) < 4.78 is 1.97. The molecule has 0 fully saturated rings. The maximum absolute atomic E-state index is 5.97. The van der Waals surface area contributed by atoms with Crippen molar-refractivity contribution in [1.29, 1.82) is 0 Å². The fourth-order valence-corrected chi connectivity index (χ4v) is 4.00. The van der Waals surface area contributed by atoms with Gasteiger partial charge in [-0.3, -0.25) is 9.69 Å². The van der Waals surface area contributed by atoms with Crippen LogP contribution in [0.15, 0.2) is 91.2 Å². The van der Waals surface area contributed by atoms with Crippen LogP contribution in [0.2, 0.25) is 0 Å². The van der Waals surface area contributed by atoms with Crippen LogP contribution < -0.4 is 11.2 Å². The number of fused-ring (bicyclic) bond motifs is 1. The van der Waals surface area contributed by atoms with E-state index in [9.17, 15) is 0 Å². The Morgan fingerprint density at radius 1 is 0.969 bits per heavy atom. The third-order valence-electron chi connectivity index (χ3n) is 5.61. The number of rotatable bonds is 6. The number of nitrogens with one attached hydrogen (secondary N) is 1. The topological polar surface area (TPSA) is 72.0 Å². The van der Waals surface area contributed by atoms with E-state index in [4.69, 9.17) is 5.73 Å². The molecule has 0 unspecified atom stereocenters. The number of aryl methyl sites for hydroxylation is 1. The predicted molar refractivity (Wildman–Crippen MR) is 128 cm³/mol. The lowest BCUT2D eigenvalue weighted by Crippen LogP contribution is -2.31. The van der Waals surface area contributed by atoms with Gasteiger partial charge in [0.25, 0.3) is 0 Å². The van der Waals surface area contributed by atoms with Gasteiger partial charge in [-0.25, -0.2) is 4.98 Å². The largest absolute Gasteiger partial charge is 0.383 e. The zero-order chi connectivity index (χ0) is 21.9. The SMILES string of the molecule is Cc1cnn(Cc2ccc(CC3=CN(Cc4ccc5c(N)nccc5c4)NC=C3)cc2)c1. The first-order chi connectivity index (χ1) is 15.6. The molecular weight excluding hydrogens is 396 g/mol. The van der Waals surface area contributed by atoms with Crippen LogP contribution in [0.3, 0.4) is 0 Å². The minimum atomic E-state index is 0.570. The number of hydrogen-bond donors (Lipinski definition) is 2. The van der Waals surface area contributed by atoms with Crippen molar-refractivity contribution in [3.8, 4) is 0 Å². The fourth-order valence-electron chi connectivity index (χ4n) is 4.00. The summed E-state index contributed by atoms with van der Waals surface area (Å²) in [6.45, 7) is 3.61. The quantitative estimate of drug-likeness (QED) is 0.484. The molecule has 0 saturated carbocycles. The third kappa shape index (κ3) is 4.49. The second-order valence-electron chi connectivity index (χ2n) is 8.25. The van der Waals surface area contributed by atoms with Crippen LogP contribution in [-0.2, 0) is 19.5 Å². The molecule has 0 bridgehead atoms. The van der Waals surface area contributed by atoms with Crippen molar-refractivity contribution in [2.75, 3.05) is 5.73 Å². The first-order valence-electron chi connectivity index (χ1n) is 10.7. The molecule has 3 N–H and O–H groups in total. The first kappa shape index (κ1) is 19.9. The molecule has 1 aliphatic rings. The molecule has 2 aromatic carbocycles. The number of pyridine rings is 1. The minimum Gasteiger partial charge on any atom is -0.383 e. The second kappa shape index (κ2) is 8.59. The lowest BCUT2D eigenvalue weighted by Gasteiger charge is -2.25. The summed E-state index contributed by atoms with van der Waals surface area (Å²) in [5.74, 6) is 0.570. The van der Waals surface area contributed by atoms with Crippen LogP contribution >= 0.6 is 0 Å². The van der Waals surface area contributed by atoms with Gasteiger partial charge in [-0.05, 0) is 64.8 Å². The third-order valence-corrected chi connectivity index (χ3v) is 5.61. The van der Waals surface area contributed by atoms with Gasteiger partial charge < -0.3 is 11.2 Å². The van der Waals surface area contributed by atoms with E-state index in [1.807, 2.05) is 29.2 Å². The highest BCUT2D eigenvalue weighted by molar-refractivity contribution is 5.91. The Hall–Kier alpha value is -4.06. The molecule has 0 amide bonds. The molecule has 0 atom stereocenters.